The number of nitrogens with one attached hydrogen (secondary N) is 2. The average Bonchev–Trinajstić information content (AvgIpc) is 2.36. The quantitative estimate of drug-likeness (QED) is 0.710. The third kappa shape index (κ3) is 5.93. The lowest BCUT2D eigenvalue weighted by atomic mass is 10.1. The van der Waals surface area contributed by atoms with E-state index in [1.807, 2.05) is 26.1 Å². The molecule has 1 aromatic rings. The van der Waals surface area contributed by atoms with Crippen LogP contribution in [0.25, 0.3) is 0 Å². The predicted octanol–water partition coefficient (Wildman–Crippen LogP) is 2.75. The van der Waals surface area contributed by atoms with Crippen molar-refractivity contribution < 1.29 is 8.42 Å². The highest BCUT2D eigenvalue weighted by Crippen LogP contribution is 2.22. The number of aryl methyl sites for hydroxylation is 1. The van der Waals surface area contributed by atoms with Crippen molar-refractivity contribution in [3.05, 3.63) is 28.2 Å². The van der Waals surface area contributed by atoms with E-state index in [-0.39, 0.29) is 5.75 Å². The largest absolute Gasteiger partial charge is 0.320 e. The number of hydrogen-bond donors (Lipinski definition) is 2. The Morgan fingerprint density at radius 2 is 2.00 bits per heavy atom. The first kappa shape index (κ1) is 16.5. The molecule has 19 heavy (non-hydrogen) atoms. The fraction of sp³-hybridized carbons (Fsp3) is 0.538. The summed E-state index contributed by atoms with van der Waals surface area (Å²) in [5, 5.41) is 3.01. The molecule has 0 amide bonds. The molecular weight excluding hydrogens is 328 g/mol. The molecule has 108 valence electrons. The maximum Gasteiger partial charge on any atom is 0.232 e. The number of rotatable bonds is 8. The Morgan fingerprint density at radius 1 is 1.26 bits per heavy atom. The molecule has 0 spiro atoms. The third-order valence-corrected chi connectivity index (χ3v) is 4.65. The van der Waals surface area contributed by atoms with E-state index in [9.17, 15) is 8.42 Å². The zero-order valence-corrected chi connectivity index (χ0v) is 13.8. The fourth-order valence-corrected chi connectivity index (χ4v) is 3.40. The fourth-order valence-electron chi connectivity index (χ4n) is 1.77. The van der Waals surface area contributed by atoms with Gasteiger partial charge in [-0.1, -0.05) is 22.9 Å². The summed E-state index contributed by atoms with van der Waals surface area (Å²) in [5.41, 5.74) is 1.67. The minimum absolute atomic E-state index is 0.161. The van der Waals surface area contributed by atoms with Crippen molar-refractivity contribution >= 4 is 31.6 Å². The lowest BCUT2D eigenvalue weighted by Gasteiger charge is -2.12. The van der Waals surface area contributed by atoms with Gasteiger partial charge in [0.1, 0.15) is 0 Å². The van der Waals surface area contributed by atoms with Gasteiger partial charge < -0.3 is 5.32 Å². The van der Waals surface area contributed by atoms with Crippen LogP contribution in [0.1, 0.15) is 25.3 Å². The molecule has 0 fully saturated rings. The molecule has 0 radical (unpaired) electrons. The summed E-state index contributed by atoms with van der Waals surface area (Å²) in [6.07, 6.45) is 2.31. The molecule has 2 N–H and O–H groups in total. The molecular formula is C13H21BrN2O2S. The summed E-state index contributed by atoms with van der Waals surface area (Å²) < 4.78 is 27.6. The van der Waals surface area contributed by atoms with Gasteiger partial charge >= 0.3 is 0 Å². The van der Waals surface area contributed by atoms with E-state index in [2.05, 4.69) is 26.0 Å². The first-order chi connectivity index (χ1) is 8.98. The van der Waals surface area contributed by atoms with Crippen LogP contribution in [0.4, 0.5) is 5.69 Å². The lowest BCUT2D eigenvalue weighted by molar-refractivity contribution is 0.595. The van der Waals surface area contributed by atoms with E-state index in [0.717, 1.165) is 29.4 Å². The van der Waals surface area contributed by atoms with Gasteiger partial charge in [-0.15, -0.1) is 0 Å². The van der Waals surface area contributed by atoms with E-state index in [0.29, 0.717) is 12.1 Å². The molecule has 0 aromatic heterocycles. The average molecular weight is 349 g/mol. The molecule has 0 atom stereocenters. The van der Waals surface area contributed by atoms with Gasteiger partial charge in [-0.25, -0.2) is 8.42 Å². The van der Waals surface area contributed by atoms with Crippen molar-refractivity contribution in [3.63, 3.8) is 0 Å². The number of anilines is 1. The second kappa shape index (κ2) is 7.87. The Bertz CT molecular complexity index is 503. The number of sulfonamides is 1. The summed E-state index contributed by atoms with van der Waals surface area (Å²) in [6, 6.07) is 5.59. The molecule has 1 aromatic carbocycles. The predicted molar refractivity (Wildman–Crippen MR) is 84.1 cm³/mol. The maximum atomic E-state index is 12.0. The van der Waals surface area contributed by atoms with Crippen molar-refractivity contribution in [1.82, 2.24) is 5.32 Å². The van der Waals surface area contributed by atoms with Gasteiger partial charge in [-0.2, -0.15) is 0 Å². The van der Waals surface area contributed by atoms with Crippen LogP contribution in [-0.4, -0.2) is 27.8 Å². The van der Waals surface area contributed by atoms with Crippen LogP contribution in [-0.2, 0) is 16.4 Å². The van der Waals surface area contributed by atoms with Gasteiger partial charge in [-0.3, -0.25) is 4.72 Å². The van der Waals surface area contributed by atoms with Crippen molar-refractivity contribution in [1.29, 1.82) is 0 Å². The van der Waals surface area contributed by atoms with Crippen LogP contribution >= 0.6 is 15.9 Å². The molecule has 4 nitrogen and oxygen atoms in total. The zero-order chi connectivity index (χ0) is 14.3. The van der Waals surface area contributed by atoms with Crippen LogP contribution in [0, 0.1) is 0 Å². The highest BCUT2D eigenvalue weighted by Gasteiger charge is 2.12. The summed E-state index contributed by atoms with van der Waals surface area (Å²) in [7, 11) is -1.39. The second-order valence-corrected chi connectivity index (χ2v) is 7.14. The summed E-state index contributed by atoms with van der Waals surface area (Å²) in [4.78, 5) is 0. The standard InChI is InChI=1S/C13H21BrN2O2S/c1-3-11-10-12(14)6-7-13(11)16-19(17,18)9-5-4-8-15-2/h6-7,10,15-16H,3-5,8-9H2,1-2H3. The molecule has 0 heterocycles. The van der Waals surface area contributed by atoms with Gasteiger partial charge in [0.05, 0.1) is 11.4 Å². The van der Waals surface area contributed by atoms with Crippen LogP contribution in [0.15, 0.2) is 22.7 Å². The van der Waals surface area contributed by atoms with E-state index in [4.69, 9.17) is 0 Å². The monoisotopic (exact) mass is 348 g/mol. The molecule has 0 aliphatic rings. The number of benzene rings is 1. The Hall–Kier alpha value is -0.590. The van der Waals surface area contributed by atoms with E-state index < -0.39 is 10.0 Å². The smallest absolute Gasteiger partial charge is 0.232 e. The van der Waals surface area contributed by atoms with Crippen molar-refractivity contribution in [3.8, 4) is 0 Å². The Labute approximate surface area is 124 Å². The van der Waals surface area contributed by atoms with Crippen molar-refractivity contribution in [2.45, 2.75) is 26.2 Å². The molecule has 0 saturated heterocycles. The van der Waals surface area contributed by atoms with E-state index in [1.54, 1.807) is 6.07 Å². The highest BCUT2D eigenvalue weighted by molar-refractivity contribution is 9.10. The summed E-state index contributed by atoms with van der Waals surface area (Å²) >= 11 is 3.39. The minimum Gasteiger partial charge on any atom is -0.320 e. The Kier molecular flexibility index (Phi) is 6.82. The topological polar surface area (TPSA) is 58.2 Å². The van der Waals surface area contributed by atoms with Crippen LogP contribution in [0.5, 0.6) is 0 Å². The first-order valence-electron chi connectivity index (χ1n) is 6.42. The molecule has 0 bridgehead atoms. The normalized spacial score (nSPS) is 11.5. The van der Waals surface area contributed by atoms with Crippen LogP contribution in [0.3, 0.4) is 0 Å². The van der Waals surface area contributed by atoms with E-state index >= 15 is 0 Å². The lowest BCUT2D eigenvalue weighted by Crippen LogP contribution is -2.18. The molecule has 6 heteroatoms. The van der Waals surface area contributed by atoms with Crippen molar-refractivity contribution in [2.75, 3.05) is 24.1 Å². The van der Waals surface area contributed by atoms with Gasteiger partial charge in [0.2, 0.25) is 10.0 Å². The number of halogens is 1. The van der Waals surface area contributed by atoms with Gasteiger partial charge in [0.25, 0.3) is 0 Å². The summed E-state index contributed by atoms with van der Waals surface area (Å²) in [5.74, 6) is 0.161. The number of unbranched alkanes of at least 4 members (excludes halogenated alkanes) is 1. The number of hydrogen-bond acceptors (Lipinski definition) is 3. The van der Waals surface area contributed by atoms with Crippen LogP contribution in [0.2, 0.25) is 0 Å². The minimum atomic E-state index is -3.25. The first-order valence-corrected chi connectivity index (χ1v) is 8.86. The van der Waals surface area contributed by atoms with Crippen LogP contribution < -0.4 is 10.0 Å². The SMILES string of the molecule is CCc1cc(Br)ccc1NS(=O)(=O)CCCCNC. The van der Waals surface area contributed by atoms with E-state index in [1.165, 1.54) is 0 Å². The van der Waals surface area contributed by atoms with Gasteiger partial charge in [0.15, 0.2) is 0 Å². The molecule has 0 aliphatic carbocycles. The highest BCUT2D eigenvalue weighted by atomic mass is 79.9. The third-order valence-electron chi connectivity index (χ3n) is 2.80. The molecule has 0 aliphatic heterocycles. The van der Waals surface area contributed by atoms with Crippen molar-refractivity contribution in [2.24, 2.45) is 0 Å². The molecule has 0 saturated carbocycles. The second-order valence-electron chi connectivity index (χ2n) is 4.39. The Balaban J connectivity index is 2.67. The summed E-state index contributed by atoms with van der Waals surface area (Å²) in [6.45, 7) is 2.85. The molecule has 1 rings (SSSR count). The Morgan fingerprint density at radius 3 is 2.63 bits per heavy atom. The van der Waals surface area contributed by atoms with Gasteiger partial charge in [0, 0.05) is 4.47 Å². The maximum absolute atomic E-state index is 12.0. The van der Waals surface area contributed by atoms with Gasteiger partial charge in [-0.05, 0) is 56.6 Å². The molecule has 0 unspecified atom stereocenters. The zero-order valence-electron chi connectivity index (χ0n) is 11.4.